The van der Waals surface area contributed by atoms with Crippen molar-refractivity contribution in [2.45, 2.75) is 27.7 Å². The van der Waals surface area contributed by atoms with Crippen LogP contribution in [-0.4, -0.2) is 23.7 Å². The average Bonchev–Trinajstić information content (AvgIpc) is 1.84. The Bertz CT molecular complexity index is 81.6. The number of rotatable bonds is 5. The fourth-order valence-corrected chi connectivity index (χ4v) is 1.93. The average molecular weight is 175 g/mol. The third-order valence-electron chi connectivity index (χ3n) is 1.40. The molecule has 0 saturated carbocycles. The van der Waals surface area contributed by atoms with Gasteiger partial charge in [0.15, 0.2) is 0 Å². The maximum absolute atomic E-state index is 2.44. The summed E-state index contributed by atoms with van der Waals surface area (Å²) in [5.74, 6) is 1.56. The van der Waals surface area contributed by atoms with Crippen molar-refractivity contribution < 1.29 is 0 Å². The normalized spacial score (nSPS) is 12.0. The molecular formula is C9H21NS. The summed E-state index contributed by atoms with van der Waals surface area (Å²) in [6.45, 7) is 11.5. The van der Waals surface area contributed by atoms with Gasteiger partial charge in [-0.15, -0.1) is 0 Å². The van der Waals surface area contributed by atoms with Crippen molar-refractivity contribution in [1.29, 1.82) is 0 Å². The van der Waals surface area contributed by atoms with Crippen LogP contribution in [0.4, 0.5) is 0 Å². The maximum atomic E-state index is 2.44. The second-order valence-corrected chi connectivity index (χ2v) is 4.70. The number of nitrogens with zero attached hydrogens (tertiary/aromatic N) is 1. The molecule has 11 heavy (non-hydrogen) atoms. The smallest absolute Gasteiger partial charge is 0.0112 e. The molecule has 0 saturated heterocycles. The molecule has 0 bridgehead atoms. The van der Waals surface area contributed by atoms with Gasteiger partial charge in [-0.2, -0.15) is 0 Å². The minimum Gasteiger partial charge on any atom is -0.250 e. The van der Waals surface area contributed by atoms with Crippen LogP contribution < -0.4 is 0 Å². The zero-order valence-electron chi connectivity index (χ0n) is 8.42. The Morgan fingerprint density at radius 2 is 1.36 bits per heavy atom. The molecule has 0 aliphatic rings. The topological polar surface area (TPSA) is 3.24 Å². The fraction of sp³-hybridized carbons (Fsp3) is 1.00. The van der Waals surface area contributed by atoms with Gasteiger partial charge < -0.3 is 0 Å². The highest BCUT2D eigenvalue weighted by Crippen LogP contribution is 2.11. The molecule has 0 rings (SSSR count). The molecule has 0 aliphatic heterocycles. The lowest BCUT2D eigenvalue weighted by Gasteiger charge is -2.22. The largest absolute Gasteiger partial charge is 0.250 e. The quantitative estimate of drug-likeness (QED) is 0.591. The molecule has 0 unspecified atom stereocenters. The molecule has 0 spiro atoms. The van der Waals surface area contributed by atoms with E-state index < -0.39 is 0 Å². The predicted molar refractivity (Wildman–Crippen MR) is 54.8 cm³/mol. The van der Waals surface area contributed by atoms with E-state index in [0.29, 0.717) is 0 Å². The van der Waals surface area contributed by atoms with Crippen LogP contribution in [0.1, 0.15) is 27.7 Å². The first-order valence-electron chi connectivity index (χ1n) is 4.35. The van der Waals surface area contributed by atoms with Crippen LogP contribution >= 0.6 is 11.9 Å². The molecule has 0 heterocycles. The van der Waals surface area contributed by atoms with Crippen molar-refractivity contribution in [3.05, 3.63) is 0 Å². The SMILES string of the molecule is CSN(CC(C)C)CC(C)C. The molecule has 0 aliphatic carbocycles. The molecule has 68 valence electrons. The van der Waals surface area contributed by atoms with E-state index in [1.807, 2.05) is 11.9 Å². The highest BCUT2D eigenvalue weighted by molar-refractivity contribution is 7.96. The van der Waals surface area contributed by atoms with E-state index in [1.54, 1.807) is 0 Å². The van der Waals surface area contributed by atoms with Gasteiger partial charge in [0.25, 0.3) is 0 Å². The van der Waals surface area contributed by atoms with Crippen LogP contribution in [-0.2, 0) is 0 Å². The fourth-order valence-electron chi connectivity index (χ4n) is 1.04. The van der Waals surface area contributed by atoms with Crippen molar-refractivity contribution >= 4 is 11.9 Å². The molecule has 0 fully saturated rings. The summed E-state index contributed by atoms with van der Waals surface area (Å²) in [6.07, 6.45) is 2.16. The third kappa shape index (κ3) is 6.70. The maximum Gasteiger partial charge on any atom is 0.0112 e. The Morgan fingerprint density at radius 3 is 1.55 bits per heavy atom. The minimum absolute atomic E-state index is 0.779. The Balaban J connectivity index is 3.58. The Kier molecular flexibility index (Phi) is 6.06. The molecule has 0 aromatic rings. The van der Waals surface area contributed by atoms with Crippen LogP contribution in [0.15, 0.2) is 0 Å². The zero-order chi connectivity index (χ0) is 8.85. The number of hydrogen-bond donors (Lipinski definition) is 0. The summed E-state index contributed by atoms with van der Waals surface area (Å²) in [6, 6.07) is 0. The van der Waals surface area contributed by atoms with Gasteiger partial charge in [-0.05, 0) is 18.1 Å². The Hall–Kier alpha value is 0.310. The molecule has 2 heteroatoms. The zero-order valence-corrected chi connectivity index (χ0v) is 9.24. The third-order valence-corrected chi connectivity index (χ3v) is 2.21. The predicted octanol–water partition coefficient (Wildman–Crippen LogP) is 2.88. The summed E-state index contributed by atoms with van der Waals surface area (Å²) >= 11 is 1.86. The van der Waals surface area contributed by atoms with E-state index in [0.717, 1.165) is 11.8 Å². The van der Waals surface area contributed by atoms with Crippen LogP contribution in [0.3, 0.4) is 0 Å². The second kappa shape index (κ2) is 5.90. The standard InChI is InChI=1S/C9H21NS/c1-8(2)6-10(11-5)7-9(3)4/h8-9H,6-7H2,1-5H3. The van der Waals surface area contributed by atoms with Crippen LogP contribution in [0.5, 0.6) is 0 Å². The summed E-state index contributed by atoms with van der Waals surface area (Å²) in [5, 5.41) is 0. The Morgan fingerprint density at radius 1 is 1.00 bits per heavy atom. The van der Waals surface area contributed by atoms with Crippen molar-refractivity contribution in [3.8, 4) is 0 Å². The van der Waals surface area contributed by atoms with Crippen molar-refractivity contribution in [2.24, 2.45) is 11.8 Å². The molecule has 0 atom stereocenters. The summed E-state index contributed by atoms with van der Waals surface area (Å²) < 4.78 is 2.44. The first-order chi connectivity index (χ1) is 5.06. The van der Waals surface area contributed by atoms with E-state index in [1.165, 1.54) is 13.1 Å². The van der Waals surface area contributed by atoms with Crippen LogP contribution in [0.25, 0.3) is 0 Å². The monoisotopic (exact) mass is 175 g/mol. The van der Waals surface area contributed by atoms with E-state index in [-0.39, 0.29) is 0 Å². The number of hydrogen-bond acceptors (Lipinski definition) is 2. The summed E-state index contributed by atoms with van der Waals surface area (Å²) in [5.41, 5.74) is 0. The van der Waals surface area contributed by atoms with Gasteiger partial charge in [0.05, 0.1) is 0 Å². The van der Waals surface area contributed by atoms with Gasteiger partial charge in [0.1, 0.15) is 0 Å². The van der Waals surface area contributed by atoms with Crippen LogP contribution in [0.2, 0.25) is 0 Å². The van der Waals surface area contributed by atoms with Crippen molar-refractivity contribution in [1.82, 2.24) is 4.31 Å². The van der Waals surface area contributed by atoms with Gasteiger partial charge in [-0.25, -0.2) is 0 Å². The molecule has 0 aromatic carbocycles. The molecule has 0 N–H and O–H groups in total. The highest BCUT2D eigenvalue weighted by atomic mass is 32.2. The first-order valence-corrected chi connectivity index (χ1v) is 5.53. The lowest BCUT2D eigenvalue weighted by molar-refractivity contribution is 0.365. The van der Waals surface area contributed by atoms with Crippen LogP contribution in [0, 0.1) is 11.8 Å². The van der Waals surface area contributed by atoms with Gasteiger partial charge in [0, 0.05) is 13.1 Å². The first kappa shape index (κ1) is 11.3. The highest BCUT2D eigenvalue weighted by Gasteiger charge is 2.06. The van der Waals surface area contributed by atoms with Gasteiger partial charge >= 0.3 is 0 Å². The van der Waals surface area contributed by atoms with Crippen molar-refractivity contribution in [2.75, 3.05) is 19.3 Å². The molecule has 1 nitrogen and oxygen atoms in total. The van der Waals surface area contributed by atoms with Gasteiger partial charge in [-0.3, -0.25) is 4.31 Å². The molecule has 0 aromatic heterocycles. The second-order valence-electron chi connectivity index (χ2n) is 3.82. The minimum atomic E-state index is 0.779. The van der Waals surface area contributed by atoms with Gasteiger partial charge in [0.2, 0.25) is 0 Å². The lowest BCUT2D eigenvalue weighted by Crippen LogP contribution is -2.24. The summed E-state index contributed by atoms with van der Waals surface area (Å²) in [4.78, 5) is 0. The van der Waals surface area contributed by atoms with E-state index in [9.17, 15) is 0 Å². The lowest BCUT2D eigenvalue weighted by atomic mass is 10.2. The van der Waals surface area contributed by atoms with Gasteiger partial charge in [-0.1, -0.05) is 39.6 Å². The molecular weight excluding hydrogens is 154 g/mol. The molecule has 0 amide bonds. The van der Waals surface area contributed by atoms with Crippen molar-refractivity contribution in [3.63, 3.8) is 0 Å². The summed E-state index contributed by atoms with van der Waals surface area (Å²) in [7, 11) is 0. The Labute approximate surface area is 75.7 Å². The molecule has 0 radical (unpaired) electrons. The van der Waals surface area contributed by atoms with E-state index in [2.05, 4.69) is 38.3 Å². The van der Waals surface area contributed by atoms with E-state index in [4.69, 9.17) is 0 Å². The van der Waals surface area contributed by atoms with E-state index >= 15 is 0 Å².